The van der Waals surface area contributed by atoms with Gasteiger partial charge in [-0.15, -0.1) is 0 Å². The van der Waals surface area contributed by atoms with Crippen molar-refractivity contribution in [1.82, 2.24) is 0 Å². The van der Waals surface area contributed by atoms with Crippen LogP contribution in [0.15, 0.2) is 18.2 Å². The molecule has 0 spiro atoms. The van der Waals surface area contributed by atoms with Gasteiger partial charge in [-0.2, -0.15) is 0 Å². The highest BCUT2D eigenvalue weighted by Crippen LogP contribution is 2.11. The van der Waals surface area contributed by atoms with Gasteiger partial charge in [0.05, 0.1) is 0 Å². The zero-order valence-corrected chi connectivity index (χ0v) is 8.18. The lowest BCUT2D eigenvalue weighted by molar-refractivity contribution is 0.615. The molecule has 0 aliphatic heterocycles. The Hall–Kier alpha value is -0.890. The largest absolute Gasteiger partial charge is 0.328 e. The zero-order chi connectivity index (χ0) is 9.84. The van der Waals surface area contributed by atoms with Crippen LogP contribution < -0.4 is 5.73 Å². The molecule has 1 aromatic rings. The second kappa shape index (κ2) is 4.38. The number of rotatable bonds is 3. The molecule has 0 saturated carbocycles. The predicted octanol–water partition coefficient (Wildman–Crippen LogP) is 2.41. The van der Waals surface area contributed by atoms with Gasteiger partial charge in [0.1, 0.15) is 5.82 Å². The van der Waals surface area contributed by atoms with E-state index in [1.54, 1.807) is 6.92 Å². The molecule has 2 heteroatoms. The normalized spacial score (nSPS) is 12.9. The first-order valence-electron chi connectivity index (χ1n) is 4.60. The summed E-state index contributed by atoms with van der Waals surface area (Å²) in [5.41, 5.74) is 7.51. The fourth-order valence-electron chi connectivity index (χ4n) is 1.26. The Kier molecular flexibility index (Phi) is 3.43. The smallest absolute Gasteiger partial charge is 0.126 e. The summed E-state index contributed by atoms with van der Waals surface area (Å²) in [6.07, 6.45) is 1.88. The standard InChI is InChI=1S/C11H16FN/c1-8-7-10(4-3-9(2)13)5-6-11(8)12/h5-7,9H,3-4,13H2,1-2H3/t9-/m1/s1. The van der Waals surface area contributed by atoms with Crippen molar-refractivity contribution in [2.75, 3.05) is 0 Å². The van der Waals surface area contributed by atoms with Gasteiger partial charge in [-0.25, -0.2) is 4.39 Å². The van der Waals surface area contributed by atoms with Crippen LogP contribution in [0.1, 0.15) is 24.5 Å². The number of benzene rings is 1. The molecule has 0 bridgehead atoms. The van der Waals surface area contributed by atoms with Crippen molar-refractivity contribution in [3.63, 3.8) is 0 Å². The molecule has 1 aromatic carbocycles. The predicted molar refractivity (Wildman–Crippen MR) is 53.1 cm³/mol. The Morgan fingerprint density at radius 1 is 1.46 bits per heavy atom. The fraction of sp³-hybridized carbons (Fsp3) is 0.455. The number of hydrogen-bond donors (Lipinski definition) is 1. The molecule has 0 aromatic heterocycles. The molecule has 1 nitrogen and oxygen atoms in total. The van der Waals surface area contributed by atoms with E-state index in [0.29, 0.717) is 5.56 Å². The van der Waals surface area contributed by atoms with E-state index in [-0.39, 0.29) is 11.9 Å². The highest BCUT2D eigenvalue weighted by Gasteiger charge is 2.00. The van der Waals surface area contributed by atoms with Crippen LogP contribution in [-0.2, 0) is 6.42 Å². The molecule has 1 atom stereocenters. The maximum atomic E-state index is 12.9. The average molecular weight is 181 g/mol. The second-order valence-electron chi connectivity index (χ2n) is 3.60. The first kappa shape index (κ1) is 10.2. The minimum atomic E-state index is -0.135. The van der Waals surface area contributed by atoms with Crippen LogP contribution in [0, 0.1) is 12.7 Å². The topological polar surface area (TPSA) is 26.0 Å². The summed E-state index contributed by atoms with van der Waals surface area (Å²) in [5.74, 6) is -0.135. The van der Waals surface area contributed by atoms with Crippen molar-refractivity contribution in [2.45, 2.75) is 32.7 Å². The van der Waals surface area contributed by atoms with Gasteiger partial charge in [-0.1, -0.05) is 12.1 Å². The highest BCUT2D eigenvalue weighted by atomic mass is 19.1. The zero-order valence-electron chi connectivity index (χ0n) is 8.18. The molecular weight excluding hydrogens is 165 g/mol. The van der Waals surface area contributed by atoms with Crippen LogP contribution in [-0.4, -0.2) is 6.04 Å². The first-order valence-corrected chi connectivity index (χ1v) is 4.60. The third-order valence-corrected chi connectivity index (χ3v) is 2.11. The number of halogens is 1. The summed E-state index contributed by atoms with van der Waals surface area (Å²) in [6, 6.07) is 5.44. The monoisotopic (exact) mass is 181 g/mol. The summed E-state index contributed by atoms with van der Waals surface area (Å²) in [7, 11) is 0. The molecule has 2 N–H and O–H groups in total. The molecule has 0 fully saturated rings. The maximum Gasteiger partial charge on any atom is 0.126 e. The van der Waals surface area contributed by atoms with Gasteiger partial charge in [0.25, 0.3) is 0 Å². The molecular formula is C11H16FN. The van der Waals surface area contributed by atoms with Crippen LogP contribution >= 0.6 is 0 Å². The third kappa shape index (κ3) is 3.15. The van der Waals surface area contributed by atoms with Gasteiger partial charge >= 0.3 is 0 Å². The van der Waals surface area contributed by atoms with E-state index in [0.717, 1.165) is 18.4 Å². The van der Waals surface area contributed by atoms with Crippen LogP contribution in [0.25, 0.3) is 0 Å². The van der Waals surface area contributed by atoms with Crippen molar-refractivity contribution in [3.8, 4) is 0 Å². The van der Waals surface area contributed by atoms with Gasteiger partial charge in [-0.05, 0) is 43.9 Å². The van der Waals surface area contributed by atoms with E-state index in [9.17, 15) is 4.39 Å². The van der Waals surface area contributed by atoms with Gasteiger partial charge in [0.15, 0.2) is 0 Å². The summed E-state index contributed by atoms with van der Waals surface area (Å²) >= 11 is 0. The molecule has 1 rings (SSSR count). The minimum Gasteiger partial charge on any atom is -0.328 e. The number of hydrogen-bond acceptors (Lipinski definition) is 1. The molecule has 0 unspecified atom stereocenters. The Bertz CT molecular complexity index is 281. The average Bonchev–Trinajstić information content (AvgIpc) is 2.07. The van der Waals surface area contributed by atoms with Crippen molar-refractivity contribution >= 4 is 0 Å². The summed E-state index contributed by atoms with van der Waals surface area (Å²) in [6.45, 7) is 3.76. The van der Waals surface area contributed by atoms with E-state index < -0.39 is 0 Å². The molecule has 0 amide bonds. The third-order valence-electron chi connectivity index (χ3n) is 2.11. The summed E-state index contributed by atoms with van der Waals surface area (Å²) < 4.78 is 12.9. The van der Waals surface area contributed by atoms with E-state index in [1.165, 1.54) is 6.07 Å². The van der Waals surface area contributed by atoms with Crippen molar-refractivity contribution in [1.29, 1.82) is 0 Å². The Balaban J connectivity index is 2.63. The molecule has 0 saturated heterocycles. The second-order valence-corrected chi connectivity index (χ2v) is 3.60. The molecule has 0 heterocycles. The SMILES string of the molecule is Cc1cc(CC[C@@H](C)N)ccc1F. The lowest BCUT2D eigenvalue weighted by atomic mass is 10.0. The van der Waals surface area contributed by atoms with Crippen molar-refractivity contribution < 1.29 is 4.39 Å². The Morgan fingerprint density at radius 3 is 2.69 bits per heavy atom. The van der Waals surface area contributed by atoms with Gasteiger partial charge in [-0.3, -0.25) is 0 Å². The van der Waals surface area contributed by atoms with Gasteiger partial charge in [0.2, 0.25) is 0 Å². The van der Waals surface area contributed by atoms with Gasteiger partial charge < -0.3 is 5.73 Å². The number of aryl methyl sites for hydroxylation is 2. The Morgan fingerprint density at radius 2 is 2.15 bits per heavy atom. The van der Waals surface area contributed by atoms with Crippen LogP contribution in [0.4, 0.5) is 4.39 Å². The van der Waals surface area contributed by atoms with Gasteiger partial charge in [0, 0.05) is 6.04 Å². The molecule has 72 valence electrons. The van der Waals surface area contributed by atoms with E-state index in [2.05, 4.69) is 0 Å². The maximum absolute atomic E-state index is 12.9. The summed E-state index contributed by atoms with van der Waals surface area (Å²) in [5, 5.41) is 0. The van der Waals surface area contributed by atoms with Crippen LogP contribution in [0.3, 0.4) is 0 Å². The van der Waals surface area contributed by atoms with E-state index in [4.69, 9.17) is 5.73 Å². The molecule has 13 heavy (non-hydrogen) atoms. The number of nitrogens with two attached hydrogens (primary N) is 1. The minimum absolute atomic E-state index is 0.135. The highest BCUT2D eigenvalue weighted by molar-refractivity contribution is 5.23. The molecule has 0 radical (unpaired) electrons. The molecule has 0 aliphatic rings. The quantitative estimate of drug-likeness (QED) is 0.761. The first-order chi connectivity index (χ1) is 6.09. The van der Waals surface area contributed by atoms with Crippen LogP contribution in [0.2, 0.25) is 0 Å². The fourth-order valence-corrected chi connectivity index (χ4v) is 1.26. The van der Waals surface area contributed by atoms with Crippen molar-refractivity contribution in [3.05, 3.63) is 35.1 Å². The van der Waals surface area contributed by atoms with E-state index in [1.807, 2.05) is 19.1 Å². The van der Waals surface area contributed by atoms with E-state index >= 15 is 0 Å². The molecule has 0 aliphatic carbocycles. The summed E-state index contributed by atoms with van der Waals surface area (Å²) in [4.78, 5) is 0. The Labute approximate surface area is 78.8 Å². The van der Waals surface area contributed by atoms with Crippen LogP contribution in [0.5, 0.6) is 0 Å². The lowest BCUT2D eigenvalue weighted by Crippen LogP contribution is -2.15. The lowest BCUT2D eigenvalue weighted by Gasteiger charge is -2.05. The van der Waals surface area contributed by atoms with Crippen molar-refractivity contribution in [2.24, 2.45) is 5.73 Å².